The predicted octanol–water partition coefficient (Wildman–Crippen LogP) is 1.22. The topological polar surface area (TPSA) is 58.7 Å². The van der Waals surface area contributed by atoms with Crippen LogP contribution in [-0.4, -0.2) is 55.0 Å². The molecular weight excluding hydrogens is 240 g/mol. The highest BCUT2D eigenvalue weighted by atomic mass is 16.5. The van der Waals surface area contributed by atoms with Crippen molar-refractivity contribution in [3.63, 3.8) is 0 Å². The van der Waals surface area contributed by atoms with Crippen molar-refractivity contribution < 1.29 is 9.84 Å². The quantitative estimate of drug-likeness (QED) is 0.789. The van der Waals surface area contributed by atoms with Crippen LogP contribution in [0.2, 0.25) is 0 Å². The van der Waals surface area contributed by atoms with Crippen LogP contribution in [0.25, 0.3) is 0 Å². The van der Waals surface area contributed by atoms with Crippen molar-refractivity contribution in [2.45, 2.75) is 50.7 Å². The van der Waals surface area contributed by atoms with Gasteiger partial charge in [-0.2, -0.15) is 0 Å². The number of hydrogen-bond donors (Lipinski definition) is 2. The fourth-order valence-electron chi connectivity index (χ4n) is 3.76. The molecule has 0 aromatic carbocycles. The second kappa shape index (κ2) is 6.53. The van der Waals surface area contributed by atoms with Crippen LogP contribution in [-0.2, 0) is 4.74 Å². The highest BCUT2D eigenvalue weighted by molar-refractivity contribution is 4.93. The number of likely N-dealkylation sites (tertiary alicyclic amines) is 1. The van der Waals surface area contributed by atoms with E-state index in [4.69, 9.17) is 10.5 Å². The number of aliphatic hydroxyl groups is 1. The largest absolute Gasteiger partial charge is 0.388 e. The van der Waals surface area contributed by atoms with E-state index in [1.807, 2.05) is 7.11 Å². The van der Waals surface area contributed by atoms with Gasteiger partial charge in [0.25, 0.3) is 0 Å². The van der Waals surface area contributed by atoms with E-state index in [0.29, 0.717) is 24.5 Å². The van der Waals surface area contributed by atoms with Crippen molar-refractivity contribution >= 4 is 0 Å². The highest BCUT2D eigenvalue weighted by Gasteiger charge is 2.39. The lowest BCUT2D eigenvalue weighted by molar-refractivity contribution is -0.0184. The summed E-state index contributed by atoms with van der Waals surface area (Å²) < 4.78 is 5.56. The lowest BCUT2D eigenvalue weighted by atomic mass is 9.87. The first-order valence-corrected chi connectivity index (χ1v) is 7.76. The van der Waals surface area contributed by atoms with Gasteiger partial charge in [-0.15, -0.1) is 0 Å². The Kier molecular flexibility index (Phi) is 5.23. The molecule has 1 aliphatic carbocycles. The summed E-state index contributed by atoms with van der Waals surface area (Å²) in [6, 6.07) is 0. The second-order valence-corrected chi connectivity index (χ2v) is 6.53. The van der Waals surface area contributed by atoms with Gasteiger partial charge in [-0.05, 0) is 50.6 Å². The van der Waals surface area contributed by atoms with E-state index in [0.717, 1.165) is 45.3 Å². The van der Waals surface area contributed by atoms with Gasteiger partial charge in [-0.25, -0.2) is 0 Å². The van der Waals surface area contributed by atoms with Gasteiger partial charge in [-0.1, -0.05) is 13.3 Å². The molecule has 0 aromatic heterocycles. The van der Waals surface area contributed by atoms with Gasteiger partial charge in [0.2, 0.25) is 0 Å². The number of piperidine rings is 1. The minimum atomic E-state index is -0.594. The molecule has 0 aromatic rings. The minimum Gasteiger partial charge on any atom is -0.388 e. The first kappa shape index (κ1) is 15.2. The third-order valence-electron chi connectivity index (χ3n) is 5.35. The van der Waals surface area contributed by atoms with Gasteiger partial charge in [0, 0.05) is 20.2 Å². The Morgan fingerprint density at radius 1 is 1.42 bits per heavy atom. The van der Waals surface area contributed by atoms with Crippen molar-refractivity contribution in [1.29, 1.82) is 0 Å². The number of nitrogens with two attached hydrogens (primary N) is 1. The van der Waals surface area contributed by atoms with E-state index in [1.54, 1.807) is 0 Å². The number of rotatable bonds is 5. The van der Waals surface area contributed by atoms with Crippen molar-refractivity contribution in [3.05, 3.63) is 0 Å². The molecule has 3 N–H and O–H groups in total. The molecule has 4 atom stereocenters. The zero-order valence-electron chi connectivity index (χ0n) is 12.5. The third kappa shape index (κ3) is 3.48. The molecule has 4 unspecified atom stereocenters. The van der Waals surface area contributed by atoms with Crippen LogP contribution in [0.15, 0.2) is 0 Å². The van der Waals surface area contributed by atoms with Gasteiger partial charge in [-0.3, -0.25) is 0 Å². The summed E-state index contributed by atoms with van der Waals surface area (Å²) in [7, 11) is 1.81. The summed E-state index contributed by atoms with van der Waals surface area (Å²) in [5.74, 6) is 1.05. The number of hydrogen-bond acceptors (Lipinski definition) is 4. The van der Waals surface area contributed by atoms with Crippen LogP contribution in [0.4, 0.5) is 0 Å². The maximum atomic E-state index is 10.5. The Labute approximate surface area is 117 Å². The van der Waals surface area contributed by atoms with Crippen LogP contribution in [0, 0.1) is 11.8 Å². The molecule has 2 aliphatic rings. The fraction of sp³-hybridized carbons (Fsp3) is 1.00. The summed E-state index contributed by atoms with van der Waals surface area (Å²) in [5.41, 5.74) is 5.15. The lowest BCUT2D eigenvalue weighted by Crippen LogP contribution is -2.46. The average Bonchev–Trinajstić information content (AvgIpc) is 2.80. The fourth-order valence-corrected chi connectivity index (χ4v) is 3.76. The van der Waals surface area contributed by atoms with Crippen LogP contribution in [0.1, 0.15) is 39.0 Å². The second-order valence-electron chi connectivity index (χ2n) is 6.53. The lowest BCUT2D eigenvalue weighted by Gasteiger charge is -2.37. The highest BCUT2D eigenvalue weighted by Crippen LogP contribution is 2.37. The first-order chi connectivity index (χ1) is 9.09. The van der Waals surface area contributed by atoms with E-state index in [-0.39, 0.29) is 0 Å². The SMILES string of the molecule is COC1CN(CCC2CCCC2(O)CN)CCC1C. The summed E-state index contributed by atoms with van der Waals surface area (Å²) in [4.78, 5) is 2.49. The van der Waals surface area contributed by atoms with Gasteiger partial charge in [0.15, 0.2) is 0 Å². The van der Waals surface area contributed by atoms with Gasteiger partial charge in [0.05, 0.1) is 11.7 Å². The average molecular weight is 270 g/mol. The van der Waals surface area contributed by atoms with Gasteiger partial charge >= 0.3 is 0 Å². The molecule has 0 amide bonds. The smallest absolute Gasteiger partial charge is 0.0797 e. The molecule has 0 bridgehead atoms. The monoisotopic (exact) mass is 270 g/mol. The molecule has 1 saturated carbocycles. The molecule has 4 heteroatoms. The van der Waals surface area contributed by atoms with E-state index in [9.17, 15) is 5.11 Å². The third-order valence-corrected chi connectivity index (χ3v) is 5.35. The summed E-state index contributed by atoms with van der Waals surface area (Å²) >= 11 is 0. The summed E-state index contributed by atoms with van der Waals surface area (Å²) in [6.45, 7) is 5.95. The van der Waals surface area contributed by atoms with Crippen molar-refractivity contribution in [2.24, 2.45) is 17.6 Å². The molecule has 2 rings (SSSR count). The number of methoxy groups -OCH3 is 1. The predicted molar refractivity (Wildman–Crippen MR) is 77.0 cm³/mol. The van der Waals surface area contributed by atoms with Crippen molar-refractivity contribution in [3.8, 4) is 0 Å². The Balaban J connectivity index is 1.79. The molecular formula is C15H30N2O2. The maximum absolute atomic E-state index is 10.5. The van der Waals surface area contributed by atoms with E-state index >= 15 is 0 Å². The molecule has 19 heavy (non-hydrogen) atoms. The molecule has 1 saturated heterocycles. The zero-order chi connectivity index (χ0) is 13.9. The van der Waals surface area contributed by atoms with Crippen molar-refractivity contribution in [1.82, 2.24) is 4.90 Å². The van der Waals surface area contributed by atoms with Crippen LogP contribution in [0.5, 0.6) is 0 Å². The minimum absolute atomic E-state index is 0.366. The Bertz CT molecular complexity index is 287. The standard InChI is InChI=1S/C15H30N2O2/c1-12-5-8-17(10-14(12)19-2)9-6-13-4-3-7-15(13,18)11-16/h12-14,18H,3-11,16H2,1-2H3. The van der Waals surface area contributed by atoms with Crippen LogP contribution in [0.3, 0.4) is 0 Å². The van der Waals surface area contributed by atoms with E-state index < -0.39 is 5.60 Å². The first-order valence-electron chi connectivity index (χ1n) is 7.76. The Morgan fingerprint density at radius 3 is 2.89 bits per heavy atom. The Morgan fingerprint density at radius 2 is 2.21 bits per heavy atom. The van der Waals surface area contributed by atoms with Crippen molar-refractivity contribution in [2.75, 3.05) is 33.3 Å². The van der Waals surface area contributed by atoms with E-state index in [2.05, 4.69) is 11.8 Å². The molecule has 1 aliphatic heterocycles. The zero-order valence-corrected chi connectivity index (χ0v) is 12.5. The van der Waals surface area contributed by atoms with Gasteiger partial charge in [0.1, 0.15) is 0 Å². The molecule has 0 spiro atoms. The normalized spacial score (nSPS) is 40.7. The van der Waals surface area contributed by atoms with Crippen LogP contribution < -0.4 is 5.73 Å². The molecule has 2 fully saturated rings. The summed E-state index contributed by atoms with van der Waals surface area (Å²) in [5, 5.41) is 10.5. The number of ether oxygens (including phenoxy) is 1. The molecule has 4 nitrogen and oxygen atoms in total. The molecule has 1 heterocycles. The van der Waals surface area contributed by atoms with Crippen LogP contribution >= 0.6 is 0 Å². The van der Waals surface area contributed by atoms with E-state index in [1.165, 1.54) is 6.42 Å². The summed E-state index contributed by atoms with van der Waals surface area (Å²) in [6.07, 6.45) is 5.78. The molecule has 0 radical (unpaired) electrons. The number of nitrogens with zero attached hydrogens (tertiary/aromatic N) is 1. The van der Waals surface area contributed by atoms with Gasteiger partial charge < -0.3 is 20.5 Å². The molecule has 112 valence electrons. The maximum Gasteiger partial charge on any atom is 0.0797 e. The Hall–Kier alpha value is -0.160.